The lowest BCUT2D eigenvalue weighted by molar-refractivity contribution is 0.211. The Labute approximate surface area is 184 Å². The fourth-order valence-electron chi connectivity index (χ4n) is 3.63. The summed E-state index contributed by atoms with van der Waals surface area (Å²) < 4.78 is 7.23. The van der Waals surface area contributed by atoms with Crippen LogP contribution in [-0.4, -0.2) is 39.8 Å². The molecule has 2 aromatic carbocycles. The minimum absolute atomic E-state index is 0.626. The molecule has 0 saturated carbocycles. The molecular weight excluding hydrogens is 410 g/mol. The summed E-state index contributed by atoms with van der Waals surface area (Å²) >= 11 is 6.23. The van der Waals surface area contributed by atoms with Gasteiger partial charge in [0.15, 0.2) is 5.82 Å². The number of fused-ring (bicyclic) bond motifs is 2. The van der Waals surface area contributed by atoms with Gasteiger partial charge in [0.1, 0.15) is 5.82 Å². The molecule has 0 spiro atoms. The predicted octanol–water partition coefficient (Wildman–Crippen LogP) is 5.35. The summed E-state index contributed by atoms with van der Waals surface area (Å²) in [6.45, 7) is 1.35. The summed E-state index contributed by atoms with van der Waals surface area (Å²) in [6, 6.07) is 17.7. The molecule has 5 rings (SSSR count). The number of nitrogens with one attached hydrogen (secondary N) is 1. The van der Waals surface area contributed by atoms with Crippen molar-refractivity contribution in [1.82, 2.24) is 19.5 Å². The molecule has 1 N–H and O–H groups in total. The zero-order chi connectivity index (χ0) is 21.2. The van der Waals surface area contributed by atoms with Crippen LogP contribution in [0.1, 0.15) is 0 Å². The summed E-state index contributed by atoms with van der Waals surface area (Å²) in [6.07, 6.45) is 5.66. The highest BCUT2D eigenvalue weighted by molar-refractivity contribution is 6.30. The molecule has 0 aliphatic carbocycles. The number of hydrogen-bond acceptors (Lipinski definition) is 5. The topological polar surface area (TPSA) is 64.9 Å². The van der Waals surface area contributed by atoms with Gasteiger partial charge in [-0.05, 0) is 42.5 Å². The van der Waals surface area contributed by atoms with Crippen molar-refractivity contribution in [1.29, 1.82) is 0 Å². The van der Waals surface area contributed by atoms with Gasteiger partial charge in [0.05, 0.1) is 17.6 Å². The molecule has 3 heterocycles. The average molecular weight is 430 g/mol. The first-order chi connectivity index (χ1) is 15.2. The maximum Gasteiger partial charge on any atom is 0.162 e. The van der Waals surface area contributed by atoms with Crippen molar-refractivity contribution in [3.05, 3.63) is 78.2 Å². The molecule has 0 bridgehead atoms. The van der Waals surface area contributed by atoms with Gasteiger partial charge >= 0.3 is 0 Å². The molecule has 0 saturated heterocycles. The molecule has 5 aromatic rings. The Kier molecular flexibility index (Phi) is 5.24. The molecule has 0 aliphatic heterocycles. The fourth-order valence-corrected chi connectivity index (χ4v) is 3.82. The van der Waals surface area contributed by atoms with E-state index in [-0.39, 0.29) is 0 Å². The highest BCUT2D eigenvalue weighted by atomic mass is 35.5. The minimum Gasteiger partial charge on any atom is -0.383 e. The van der Waals surface area contributed by atoms with Crippen molar-refractivity contribution >= 4 is 39.1 Å². The van der Waals surface area contributed by atoms with Crippen LogP contribution in [0.2, 0.25) is 5.02 Å². The molecule has 0 radical (unpaired) electrons. The first kappa shape index (κ1) is 19.5. The molecule has 0 fully saturated rings. The van der Waals surface area contributed by atoms with Crippen LogP contribution in [-0.2, 0) is 4.74 Å². The van der Waals surface area contributed by atoms with Crippen LogP contribution in [0.25, 0.3) is 39.0 Å². The van der Waals surface area contributed by atoms with Crippen LogP contribution in [0.3, 0.4) is 0 Å². The van der Waals surface area contributed by atoms with Gasteiger partial charge < -0.3 is 14.6 Å². The number of nitrogens with zero attached hydrogens (tertiary/aromatic N) is 4. The number of pyridine rings is 1. The van der Waals surface area contributed by atoms with Crippen LogP contribution >= 0.6 is 11.6 Å². The Morgan fingerprint density at radius 3 is 2.87 bits per heavy atom. The van der Waals surface area contributed by atoms with Crippen molar-refractivity contribution in [3.8, 4) is 17.2 Å². The Morgan fingerprint density at radius 1 is 1.06 bits per heavy atom. The van der Waals surface area contributed by atoms with Crippen molar-refractivity contribution in [2.45, 2.75) is 0 Å². The van der Waals surface area contributed by atoms with Gasteiger partial charge in [0.25, 0.3) is 0 Å². The number of halogens is 1. The minimum atomic E-state index is 0.626. The molecule has 3 aromatic heterocycles. The van der Waals surface area contributed by atoms with E-state index in [4.69, 9.17) is 26.3 Å². The first-order valence-corrected chi connectivity index (χ1v) is 10.3. The van der Waals surface area contributed by atoms with Crippen molar-refractivity contribution < 1.29 is 4.74 Å². The van der Waals surface area contributed by atoms with Crippen molar-refractivity contribution in [2.75, 3.05) is 25.6 Å². The van der Waals surface area contributed by atoms with E-state index >= 15 is 0 Å². The number of benzene rings is 2. The third-order valence-electron chi connectivity index (χ3n) is 5.11. The fraction of sp³-hybridized carbons (Fsp3) is 0.125. The van der Waals surface area contributed by atoms with Crippen LogP contribution in [0, 0.1) is 0 Å². The molecule has 0 unspecified atom stereocenters. The Bertz CT molecular complexity index is 1380. The summed E-state index contributed by atoms with van der Waals surface area (Å²) in [5.41, 5.74) is 3.75. The molecule has 0 amide bonds. The number of hydrogen-bond donors (Lipinski definition) is 1. The highest BCUT2D eigenvalue weighted by Gasteiger charge is 2.14. The molecule has 0 aliphatic rings. The van der Waals surface area contributed by atoms with Gasteiger partial charge in [-0.3, -0.25) is 4.98 Å². The van der Waals surface area contributed by atoms with Gasteiger partial charge in [-0.2, -0.15) is 0 Å². The number of ether oxygens (including phenoxy) is 1. The van der Waals surface area contributed by atoms with E-state index in [9.17, 15) is 0 Å². The van der Waals surface area contributed by atoms with E-state index in [2.05, 4.69) is 20.9 Å². The molecular formula is C24H20ClN5O. The zero-order valence-corrected chi connectivity index (χ0v) is 17.7. The third kappa shape index (κ3) is 3.83. The monoisotopic (exact) mass is 429 g/mol. The van der Waals surface area contributed by atoms with E-state index in [1.807, 2.05) is 60.9 Å². The number of aromatic nitrogens is 4. The van der Waals surface area contributed by atoms with Gasteiger partial charge in [0, 0.05) is 59.3 Å². The third-order valence-corrected chi connectivity index (χ3v) is 5.35. The van der Waals surface area contributed by atoms with Gasteiger partial charge in [0.2, 0.25) is 0 Å². The second-order valence-electron chi connectivity index (χ2n) is 7.15. The molecule has 0 atom stereocenters. The highest BCUT2D eigenvalue weighted by Crippen LogP contribution is 2.30. The normalized spacial score (nSPS) is 11.3. The van der Waals surface area contributed by atoms with Gasteiger partial charge in [-0.25, -0.2) is 9.97 Å². The van der Waals surface area contributed by atoms with Crippen LogP contribution in [0.4, 0.5) is 5.69 Å². The van der Waals surface area contributed by atoms with E-state index in [1.165, 1.54) is 0 Å². The second kappa shape index (κ2) is 8.34. The van der Waals surface area contributed by atoms with Gasteiger partial charge in [-0.1, -0.05) is 23.7 Å². The average Bonchev–Trinajstić information content (AvgIpc) is 3.22. The number of rotatable bonds is 6. The molecule has 7 heteroatoms. The summed E-state index contributed by atoms with van der Waals surface area (Å²) in [4.78, 5) is 14.0. The standard InChI is InChI=1S/C24H20ClN5O/c1-31-12-10-27-19-5-6-21-20(14-19)24(30-11-8-17-15-26-9-7-22(17)30)29-23(28-21)16-3-2-4-18(25)13-16/h2-9,11,13-15,27H,10,12H2,1H3. The molecule has 31 heavy (non-hydrogen) atoms. The zero-order valence-electron chi connectivity index (χ0n) is 16.9. The quantitative estimate of drug-likeness (QED) is 0.369. The Morgan fingerprint density at radius 2 is 2.00 bits per heavy atom. The van der Waals surface area contributed by atoms with E-state index in [0.717, 1.165) is 45.4 Å². The van der Waals surface area contributed by atoms with Gasteiger partial charge in [-0.15, -0.1) is 0 Å². The van der Waals surface area contributed by atoms with Crippen molar-refractivity contribution in [3.63, 3.8) is 0 Å². The first-order valence-electron chi connectivity index (χ1n) is 9.95. The summed E-state index contributed by atoms with van der Waals surface area (Å²) in [7, 11) is 1.69. The summed E-state index contributed by atoms with van der Waals surface area (Å²) in [5.74, 6) is 1.43. The number of anilines is 1. The maximum atomic E-state index is 6.23. The van der Waals surface area contributed by atoms with E-state index in [1.54, 1.807) is 13.3 Å². The number of methoxy groups -OCH3 is 1. The lowest BCUT2D eigenvalue weighted by atomic mass is 10.1. The van der Waals surface area contributed by atoms with Crippen LogP contribution in [0.15, 0.2) is 73.2 Å². The van der Waals surface area contributed by atoms with Crippen LogP contribution in [0.5, 0.6) is 0 Å². The molecule has 6 nitrogen and oxygen atoms in total. The van der Waals surface area contributed by atoms with Crippen LogP contribution < -0.4 is 5.32 Å². The molecule has 154 valence electrons. The van der Waals surface area contributed by atoms with Crippen molar-refractivity contribution in [2.24, 2.45) is 0 Å². The van der Waals surface area contributed by atoms with E-state index < -0.39 is 0 Å². The smallest absolute Gasteiger partial charge is 0.162 e. The Hall–Kier alpha value is -3.48. The summed E-state index contributed by atoms with van der Waals surface area (Å²) in [5, 5.41) is 6.03. The lowest BCUT2D eigenvalue weighted by Crippen LogP contribution is -2.08. The SMILES string of the molecule is COCCNc1ccc2nc(-c3cccc(Cl)c3)nc(-n3ccc4cnccc43)c2c1. The second-order valence-corrected chi connectivity index (χ2v) is 7.59. The van der Waals surface area contributed by atoms with E-state index in [0.29, 0.717) is 17.5 Å². The lowest BCUT2D eigenvalue weighted by Gasteiger charge is -2.13. The largest absolute Gasteiger partial charge is 0.383 e. The maximum absolute atomic E-state index is 6.23. The predicted molar refractivity (Wildman–Crippen MR) is 125 cm³/mol. The Balaban J connectivity index is 1.73.